The van der Waals surface area contributed by atoms with Crippen LogP contribution in [0.2, 0.25) is 0 Å². The van der Waals surface area contributed by atoms with Crippen LogP contribution < -0.4 is 15.3 Å². The number of rotatable bonds is 4. The molecule has 0 aromatic heterocycles. The van der Waals surface area contributed by atoms with E-state index in [9.17, 15) is 29.7 Å². The molecule has 0 fully saturated rings. The molecular weight excluding hydrogens is 276 g/mol. The molecule has 1 rings (SSSR count). The van der Waals surface area contributed by atoms with Gasteiger partial charge in [-0.1, -0.05) is 23.9 Å². The molecule has 1 aromatic rings. The fourth-order valence-corrected chi connectivity index (χ4v) is 0.901. The Hall–Kier alpha value is -2.65. The maximum absolute atomic E-state index is 10.7. The first kappa shape index (κ1) is 17.4. The van der Waals surface area contributed by atoms with Gasteiger partial charge in [-0.15, -0.1) is 0 Å². The Labute approximate surface area is 112 Å². The van der Waals surface area contributed by atoms with Gasteiger partial charge in [0, 0.05) is 0 Å². The first-order chi connectivity index (χ1) is 9.18. The van der Waals surface area contributed by atoms with Crippen LogP contribution in [-0.2, 0) is 9.59 Å². The molecule has 1 aromatic carbocycles. The van der Waals surface area contributed by atoms with E-state index in [0.29, 0.717) is 0 Å². The second kappa shape index (κ2) is 7.71. The number of carboxylic acids is 3. The summed E-state index contributed by atoms with van der Waals surface area (Å²) in [5.41, 5.74) is -0.178. The monoisotopic (exact) mass is 285 g/mol. The Balaban J connectivity index is 0.000000361. The van der Waals surface area contributed by atoms with Crippen LogP contribution in [0.15, 0.2) is 24.3 Å². The van der Waals surface area contributed by atoms with Gasteiger partial charge in [-0.2, -0.15) is 0 Å². The molecular formula is C11H9O9-3. The van der Waals surface area contributed by atoms with E-state index in [-0.39, 0.29) is 5.56 Å². The average molecular weight is 285 g/mol. The van der Waals surface area contributed by atoms with Gasteiger partial charge in [0.15, 0.2) is 0 Å². The highest BCUT2D eigenvalue weighted by Crippen LogP contribution is 2.10. The minimum Gasteiger partial charge on any atom is -0.872 e. The molecule has 0 spiro atoms. The number of hydrogen-bond acceptors (Lipinski definition) is 8. The lowest BCUT2D eigenvalue weighted by Gasteiger charge is -2.18. The van der Waals surface area contributed by atoms with Crippen LogP contribution in [0.5, 0.6) is 5.75 Å². The fraction of sp³-hybridized carbons (Fsp3) is 0.182. The minimum atomic E-state index is -2.44. The Morgan fingerprint density at radius 1 is 0.950 bits per heavy atom. The minimum absolute atomic E-state index is 0.178. The van der Waals surface area contributed by atoms with E-state index >= 15 is 0 Å². The molecule has 0 saturated heterocycles. The highest BCUT2D eigenvalue weighted by Gasteiger charge is 2.17. The van der Waals surface area contributed by atoms with Crippen molar-refractivity contribution in [3.63, 3.8) is 0 Å². The molecule has 0 heterocycles. The fourth-order valence-electron chi connectivity index (χ4n) is 0.901. The molecule has 0 saturated carbocycles. The normalized spacial score (nSPS) is 12.5. The van der Waals surface area contributed by atoms with Gasteiger partial charge in [0.05, 0.1) is 17.5 Å². The van der Waals surface area contributed by atoms with Crippen LogP contribution in [0.25, 0.3) is 0 Å². The number of aliphatic carboxylic acids is 2. The van der Waals surface area contributed by atoms with Crippen LogP contribution in [0.4, 0.5) is 0 Å². The van der Waals surface area contributed by atoms with Crippen LogP contribution in [0.3, 0.4) is 0 Å². The molecule has 0 bridgehead atoms. The molecule has 2 unspecified atom stereocenters. The lowest BCUT2D eigenvalue weighted by Crippen LogP contribution is -2.51. The summed E-state index contributed by atoms with van der Waals surface area (Å²) in [5.74, 6) is -5.74. The number of para-hydroxylation sites is 1. The van der Waals surface area contributed by atoms with Gasteiger partial charge in [0.1, 0.15) is 12.2 Å². The number of aliphatic hydroxyl groups excluding tert-OH is 2. The number of carbonyl (C=O) groups is 3. The number of carboxylic acid groups (broad SMARTS) is 3. The largest absolute Gasteiger partial charge is 0.872 e. The number of benzene rings is 1. The average Bonchev–Trinajstić information content (AvgIpc) is 2.37. The Kier molecular flexibility index (Phi) is 6.69. The lowest BCUT2D eigenvalue weighted by atomic mass is 10.2. The summed E-state index contributed by atoms with van der Waals surface area (Å²) in [6.45, 7) is 0. The molecule has 0 radical (unpaired) electrons. The molecule has 0 aliphatic heterocycles. The lowest BCUT2D eigenvalue weighted by molar-refractivity contribution is -0.333. The van der Waals surface area contributed by atoms with Gasteiger partial charge >= 0.3 is 5.97 Å². The van der Waals surface area contributed by atoms with Gasteiger partial charge in [-0.25, -0.2) is 4.79 Å². The van der Waals surface area contributed by atoms with Gasteiger partial charge in [-0.3, -0.25) is 0 Å². The van der Waals surface area contributed by atoms with E-state index in [2.05, 4.69) is 0 Å². The summed E-state index contributed by atoms with van der Waals surface area (Å²) in [4.78, 5) is 29.5. The van der Waals surface area contributed by atoms with E-state index in [1.54, 1.807) is 0 Å². The molecule has 9 heteroatoms. The Morgan fingerprint density at radius 3 is 1.60 bits per heavy atom. The van der Waals surface area contributed by atoms with Crippen molar-refractivity contribution in [1.29, 1.82) is 0 Å². The summed E-state index contributed by atoms with van der Waals surface area (Å²) < 4.78 is 0. The highest BCUT2D eigenvalue weighted by atomic mass is 16.4. The molecule has 2 atom stereocenters. The van der Waals surface area contributed by atoms with Crippen LogP contribution in [0.1, 0.15) is 10.4 Å². The van der Waals surface area contributed by atoms with Crippen molar-refractivity contribution in [1.82, 2.24) is 0 Å². The van der Waals surface area contributed by atoms with Crippen molar-refractivity contribution in [3.05, 3.63) is 29.8 Å². The van der Waals surface area contributed by atoms with Crippen LogP contribution >= 0.6 is 0 Å². The summed E-state index contributed by atoms with van der Waals surface area (Å²) in [6.07, 6.45) is -4.88. The number of carbonyl (C=O) groups excluding carboxylic acids is 2. The molecule has 20 heavy (non-hydrogen) atoms. The van der Waals surface area contributed by atoms with Crippen molar-refractivity contribution in [2.24, 2.45) is 0 Å². The van der Waals surface area contributed by atoms with Crippen molar-refractivity contribution in [3.8, 4) is 5.75 Å². The maximum Gasteiger partial charge on any atom is 0.335 e. The third-order valence-corrected chi connectivity index (χ3v) is 1.90. The Morgan fingerprint density at radius 2 is 1.35 bits per heavy atom. The van der Waals surface area contributed by atoms with Gasteiger partial charge < -0.3 is 40.2 Å². The zero-order chi connectivity index (χ0) is 15.9. The zero-order valence-corrected chi connectivity index (χ0v) is 9.76. The molecule has 0 aliphatic carbocycles. The highest BCUT2D eigenvalue weighted by molar-refractivity contribution is 5.90. The van der Waals surface area contributed by atoms with Gasteiger partial charge in [-0.05, 0) is 6.07 Å². The summed E-state index contributed by atoms with van der Waals surface area (Å²) in [5, 5.41) is 54.8. The van der Waals surface area contributed by atoms with E-state index in [0.717, 1.165) is 0 Å². The van der Waals surface area contributed by atoms with E-state index in [1.807, 2.05) is 0 Å². The molecule has 0 aliphatic rings. The van der Waals surface area contributed by atoms with Crippen molar-refractivity contribution >= 4 is 17.9 Å². The predicted molar refractivity (Wildman–Crippen MR) is 54.9 cm³/mol. The maximum atomic E-state index is 10.7. The van der Waals surface area contributed by atoms with Crippen molar-refractivity contribution in [2.45, 2.75) is 12.2 Å². The number of hydrogen-bond donors (Lipinski definition) is 3. The number of aromatic carboxylic acids is 1. The van der Waals surface area contributed by atoms with Gasteiger partial charge in [0.25, 0.3) is 0 Å². The molecule has 110 valence electrons. The van der Waals surface area contributed by atoms with E-state index < -0.39 is 35.9 Å². The topological polar surface area (TPSA) is 181 Å². The quantitative estimate of drug-likeness (QED) is 0.492. The summed E-state index contributed by atoms with van der Waals surface area (Å²) in [6, 6.07) is 5.54. The van der Waals surface area contributed by atoms with E-state index in [4.69, 9.17) is 15.3 Å². The standard InChI is InChI=1S/C7H6O3.C4H6O6/c8-6-4-2-1-3-5(6)7(9)10;5-1(3(7)8)2(6)4(9)10/h1-4,8H,(H,9,10);1-2,5-6H,(H,7,8)(H,9,10)/p-3. The summed E-state index contributed by atoms with van der Waals surface area (Å²) in [7, 11) is 0. The zero-order valence-electron chi connectivity index (χ0n) is 9.76. The first-order valence-corrected chi connectivity index (χ1v) is 4.95. The van der Waals surface area contributed by atoms with Gasteiger partial charge in [0.2, 0.25) is 0 Å². The third-order valence-electron chi connectivity index (χ3n) is 1.90. The Bertz CT molecular complexity index is 478. The number of aliphatic hydroxyl groups is 2. The SMILES string of the molecule is O=C(O)c1ccccc1[O-].O=C([O-])C(O)C(O)C(=O)[O-]. The van der Waals surface area contributed by atoms with Crippen molar-refractivity contribution in [2.75, 3.05) is 0 Å². The first-order valence-electron chi connectivity index (χ1n) is 4.95. The predicted octanol–water partition coefficient (Wildman–Crippen LogP) is -4.33. The molecule has 9 nitrogen and oxygen atoms in total. The second-order valence-electron chi connectivity index (χ2n) is 3.33. The van der Waals surface area contributed by atoms with Crippen molar-refractivity contribution < 1.29 is 45.0 Å². The van der Waals surface area contributed by atoms with Crippen LogP contribution in [-0.4, -0.2) is 45.4 Å². The second-order valence-corrected chi connectivity index (χ2v) is 3.33. The molecule has 3 N–H and O–H groups in total. The van der Waals surface area contributed by atoms with E-state index in [1.165, 1.54) is 24.3 Å². The molecule has 0 amide bonds. The smallest absolute Gasteiger partial charge is 0.335 e. The third kappa shape index (κ3) is 5.33. The van der Waals surface area contributed by atoms with Crippen LogP contribution in [0, 0.1) is 0 Å². The summed E-state index contributed by atoms with van der Waals surface area (Å²) >= 11 is 0.